The van der Waals surface area contributed by atoms with E-state index in [9.17, 15) is 28.8 Å². The largest absolute Gasteiger partial charge is 0.311 e. The van der Waals surface area contributed by atoms with Crippen LogP contribution in [0.2, 0.25) is 0 Å². The molecule has 21 rings (SSSR count). The van der Waals surface area contributed by atoms with Gasteiger partial charge in [0.1, 0.15) is 33.1 Å². The number of benzene rings is 12. The number of rotatable bonds is 12. The molecule has 6 amide bonds. The lowest BCUT2D eigenvalue weighted by atomic mass is 9.88. The van der Waals surface area contributed by atoms with Crippen LogP contribution in [-0.4, -0.2) is 76.6 Å². The van der Waals surface area contributed by atoms with Crippen LogP contribution in [-0.2, 0) is 0 Å². The molecular formula is C87H45N13O6S3. The number of hydrogen-bond donors (Lipinski definition) is 0. The van der Waals surface area contributed by atoms with Crippen molar-refractivity contribution in [3.8, 4) is 66.8 Å². The van der Waals surface area contributed by atoms with Crippen LogP contribution < -0.4 is 19.6 Å². The van der Waals surface area contributed by atoms with Gasteiger partial charge in [0.25, 0.3) is 35.4 Å². The molecular weight excluding hydrogens is 1420 g/mol. The Bertz CT molecular complexity index is 6290. The SMILES string of the molecule is O=C1c2cccc3c(-c4ccc(-c5ccc(N(c6ccc(-c7ccc(-c8ccc9c%10c(cccc8%10)C(=O)N(c8ccncc8)C9=O)c8nsnc78)cc6)c6ccc(-c7ccc(-c8ccc9c%10c(cccc8%10)C(=O)N(c8ccncc8)C9=O)c8nsnc78)cc6)cc5)c5nsnc45)ccc(c23)C(=O)N1c1ccncc1. The second-order valence-electron chi connectivity index (χ2n) is 26.5. The van der Waals surface area contributed by atoms with Crippen LogP contribution in [0.3, 0.4) is 0 Å². The predicted octanol–water partition coefficient (Wildman–Crippen LogP) is 19.2. The van der Waals surface area contributed by atoms with Gasteiger partial charge >= 0.3 is 0 Å². The Balaban J connectivity index is 0.634. The zero-order valence-corrected chi connectivity index (χ0v) is 58.9. The summed E-state index contributed by atoms with van der Waals surface area (Å²) in [5.41, 5.74) is 20.8. The number of anilines is 6. The Kier molecular flexibility index (Phi) is 14.2. The lowest BCUT2D eigenvalue weighted by Crippen LogP contribution is -2.40. The highest BCUT2D eigenvalue weighted by atomic mass is 32.1. The first-order valence-corrected chi connectivity index (χ1v) is 36.7. The zero-order chi connectivity index (χ0) is 72.9. The third-order valence-corrected chi connectivity index (χ3v) is 22.5. The van der Waals surface area contributed by atoms with Crippen LogP contribution in [0.1, 0.15) is 62.1 Å². The molecule has 6 aromatic heterocycles. The quantitative estimate of drug-likeness (QED) is 0.103. The summed E-state index contributed by atoms with van der Waals surface area (Å²) in [5, 5.41) is 4.03. The maximum absolute atomic E-state index is 14.2. The lowest BCUT2D eigenvalue weighted by molar-refractivity contribution is 0.0877. The molecule has 0 N–H and O–H groups in total. The molecule has 0 unspecified atom stereocenters. The number of hydrogen-bond acceptors (Lipinski definition) is 19. The number of nitrogens with zero attached hydrogens (tertiary/aromatic N) is 13. The van der Waals surface area contributed by atoms with E-state index < -0.39 is 35.4 Å². The van der Waals surface area contributed by atoms with E-state index in [1.54, 1.807) is 110 Å². The van der Waals surface area contributed by atoms with E-state index in [2.05, 4.69) is 111 Å². The van der Waals surface area contributed by atoms with Gasteiger partial charge in [-0.25, -0.2) is 14.7 Å². The van der Waals surface area contributed by atoms with E-state index in [1.165, 1.54) is 14.7 Å². The highest BCUT2D eigenvalue weighted by Crippen LogP contribution is 2.48. The normalized spacial score (nSPS) is 13.4. The Morgan fingerprint density at radius 1 is 0.220 bits per heavy atom. The number of aromatic nitrogens is 9. The maximum atomic E-state index is 14.2. The first kappa shape index (κ1) is 63.1. The van der Waals surface area contributed by atoms with Crippen LogP contribution in [0.15, 0.2) is 274 Å². The fraction of sp³-hybridized carbons (Fsp3) is 0. The molecule has 0 bridgehead atoms. The summed E-state index contributed by atoms with van der Waals surface area (Å²) in [6, 6.07) is 75.0. The molecule has 3 aliphatic rings. The minimum absolute atomic E-state index is 0.410. The van der Waals surface area contributed by atoms with Gasteiger partial charge in [-0.05, 0) is 159 Å². The monoisotopic (exact) mass is 1460 g/mol. The molecule has 0 saturated heterocycles. The lowest BCUT2D eigenvalue weighted by Gasteiger charge is -2.27. The van der Waals surface area contributed by atoms with Gasteiger partial charge < -0.3 is 4.90 Å². The van der Waals surface area contributed by atoms with Gasteiger partial charge in [-0.15, -0.1) is 0 Å². The van der Waals surface area contributed by atoms with Crippen LogP contribution in [0, 0.1) is 0 Å². The van der Waals surface area contributed by atoms with Gasteiger partial charge in [0.05, 0.1) is 52.2 Å². The standard InChI is InChI=1S/C87H45N13O6S3/c101-82-67-7-1-4-61-58(25-31-70(73(61)67)85(104)98(82)52-34-40-88-41-35-52)64-28-22-55(76-79(64)94-107-91-76)46-10-16-49(17-11-46)97(50-18-12-47(13-19-50)56-23-29-65(80-77(56)92-108-95-80)59-26-32-71-74-62(59)5-2-8-68(74)83(102)99(86(71)105)53-36-42-89-43-37-53)51-20-14-48(15-21-51)57-24-30-66(81-78(57)93-109-96-81)60-27-33-72-75-63(60)6-3-9-69(75)84(103)100(87(72)106)54-38-44-90-45-39-54/h1-45H. The molecule has 19 nitrogen and oxygen atoms in total. The van der Waals surface area contributed by atoms with Crippen molar-refractivity contribution in [2.75, 3.05) is 19.6 Å². The fourth-order valence-corrected chi connectivity index (χ4v) is 17.7. The topological polar surface area (TPSA) is 231 Å². The number of imide groups is 3. The average molecular weight is 1460 g/mol. The van der Waals surface area contributed by atoms with Crippen molar-refractivity contribution < 1.29 is 28.8 Å². The summed E-state index contributed by atoms with van der Waals surface area (Å²) < 4.78 is 29.3. The van der Waals surface area contributed by atoms with E-state index in [0.717, 1.165) is 135 Å². The minimum atomic E-state index is -0.410. The van der Waals surface area contributed by atoms with E-state index in [1.807, 2.05) is 72.8 Å². The molecule has 109 heavy (non-hydrogen) atoms. The van der Waals surface area contributed by atoms with Crippen LogP contribution >= 0.6 is 35.2 Å². The van der Waals surface area contributed by atoms with E-state index in [4.69, 9.17) is 26.2 Å². The highest BCUT2D eigenvalue weighted by Gasteiger charge is 2.39. The van der Waals surface area contributed by atoms with Gasteiger partial charge in [-0.3, -0.25) is 43.7 Å². The van der Waals surface area contributed by atoms with Crippen molar-refractivity contribution >= 4 is 170 Å². The van der Waals surface area contributed by atoms with Gasteiger partial charge in [0, 0.05) is 137 Å². The number of pyridine rings is 3. The molecule has 3 aliphatic heterocycles. The number of amides is 6. The van der Waals surface area contributed by atoms with Crippen LogP contribution in [0.4, 0.5) is 34.1 Å². The molecule has 0 fully saturated rings. The smallest absolute Gasteiger partial charge is 0.265 e. The number of fused-ring (bicyclic) bond motifs is 3. The molecule has 0 radical (unpaired) electrons. The summed E-state index contributed by atoms with van der Waals surface area (Å²) in [7, 11) is 0. The summed E-state index contributed by atoms with van der Waals surface area (Å²) in [6.07, 6.45) is 9.35. The van der Waals surface area contributed by atoms with Gasteiger partial charge in [-0.2, -0.15) is 26.2 Å². The second-order valence-corrected chi connectivity index (χ2v) is 28.0. The highest BCUT2D eigenvalue weighted by molar-refractivity contribution is 7.00. The van der Waals surface area contributed by atoms with E-state index >= 15 is 0 Å². The summed E-state index contributed by atoms with van der Waals surface area (Å²) >= 11 is 3.35. The second kappa shape index (κ2) is 24.6. The zero-order valence-electron chi connectivity index (χ0n) is 56.5. The first-order valence-electron chi connectivity index (χ1n) is 34.5. The molecule has 9 heterocycles. The molecule has 512 valence electrons. The van der Waals surface area contributed by atoms with Crippen molar-refractivity contribution in [1.29, 1.82) is 0 Å². The average Bonchev–Trinajstić information content (AvgIpc) is 1.62. The Labute approximate surface area is 629 Å². The molecule has 0 atom stereocenters. The van der Waals surface area contributed by atoms with Crippen LogP contribution in [0.5, 0.6) is 0 Å². The summed E-state index contributed by atoms with van der Waals surface area (Å²) in [4.78, 5) is 103. The van der Waals surface area contributed by atoms with Crippen molar-refractivity contribution in [1.82, 2.24) is 41.2 Å². The third-order valence-electron chi connectivity index (χ3n) is 20.9. The summed E-state index contributed by atoms with van der Waals surface area (Å²) in [6.45, 7) is 0. The molecule has 22 heteroatoms. The van der Waals surface area contributed by atoms with Crippen LogP contribution in [0.25, 0.3) is 132 Å². The Morgan fingerprint density at radius 2 is 0.440 bits per heavy atom. The third kappa shape index (κ3) is 9.62. The number of carbonyl (C=O) groups excluding carboxylic acids is 6. The van der Waals surface area contributed by atoms with Crippen molar-refractivity contribution in [2.45, 2.75) is 0 Å². The fourth-order valence-electron chi connectivity index (χ4n) is 15.9. The van der Waals surface area contributed by atoms with Crippen molar-refractivity contribution in [3.05, 3.63) is 307 Å². The van der Waals surface area contributed by atoms with Crippen molar-refractivity contribution in [3.63, 3.8) is 0 Å². The van der Waals surface area contributed by atoms with Gasteiger partial charge in [0.15, 0.2) is 0 Å². The van der Waals surface area contributed by atoms with Crippen molar-refractivity contribution in [2.24, 2.45) is 0 Å². The molecule has 0 spiro atoms. The molecule has 0 aliphatic carbocycles. The maximum Gasteiger partial charge on any atom is 0.265 e. The van der Waals surface area contributed by atoms with E-state index in [-0.39, 0.29) is 0 Å². The molecule has 12 aromatic carbocycles. The molecule has 18 aromatic rings. The number of carbonyl (C=O) groups is 6. The first-order chi connectivity index (χ1) is 53.6. The summed E-state index contributed by atoms with van der Waals surface area (Å²) in [5.74, 6) is -2.46. The minimum Gasteiger partial charge on any atom is -0.311 e. The van der Waals surface area contributed by atoms with E-state index in [0.29, 0.717) is 99.7 Å². The predicted molar refractivity (Wildman–Crippen MR) is 425 cm³/mol. The Morgan fingerprint density at radius 3 is 0.706 bits per heavy atom. The molecule has 0 saturated carbocycles. The van der Waals surface area contributed by atoms with Gasteiger partial charge in [-0.1, -0.05) is 127 Å². The van der Waals surface area contributed by atoms with Gasteiger partial charge in [0.2, 0.25) is 0 Å². The Hall–Kier alpha value is -14.5.